The maximum atomic E-state index is 12.1. The second-order valence-electron chi connectivity index (χ2n) is 6.97. The number of aryl methyl sites for hydroxylation is 2. The molecule has 0 spiro atoms. The molecule has 0 aliphatic carbocycles. The first-order valence-corrected chi connectivity index (χ1v) is 9.01. The van der Waals surface area contributed by atoms with Gasteiger partial charge in [-0.2, -0.15) is 0 Å². The van der Waals surface area contributed by atoms with Crippen LogP contribution in [0, 0.1) is 13.8 Å². The molecule has 0 fully saturated rings. The molecule has 8 heteroatoms. The molecule has 2 aromatic carbocycles. The van der Waals surface area contributed by atoms with Gasteiger partial charge in [-0.05, 0) is 55.3 Å². The second kappa shape index (κ2) is 8.08. The van der Waals surface area contributed by atoms with E-state index < -0.39 is 0 Å². The zero-order valence-electron chi connectivity index (χ0n) is 16.5. The molecule has 0 aliphatic heterocycles. The van der Waals surface area contributed by atoms with E-state index >= 15 is 0 Å². The summed E-state index contributed by atoms with van der Waals surface area (Å²) in [6.07, 6.45) is 0. The number of benzene rings is 2. The molecule has 3 aromatic rings. The lowest BCUT2D eigenvalue weighted by molar-refractivity contribution is 0.0827. The third-order valence-corrected chi connectivity index (χ3v) is 4.26. The van der Waals surface area contributed by atoms with Gasteiger partial charge in [0.05, 0.1) is 12.1 Å². The van der Waals surface area contributed by atoms with E-state index in [2.05, 4.69) is 27.0 Å². The minimum absolute atomic E-state index is 0.0822. The predicted octanol–water partition coefficient (Wildman–Crippen LogP) is 2.57. The zero-order valence-corrected chi connectivity index (χ0v) is 16.5. The zero-order chi connectivity index (χ0) is 20.3. The molecular formula is C20H24N6O2. The Balaban J connectivity index is 1.59. The Hall–Kier alpha value is -3.42. The highest BCUT2D eigenvalue weighted by molar-refractivity contribution is 5.97. The summed E-state index contributed by atoms with van der Waals surface area (Å²) in [7, 11) is 3.41. The summed E-state index contributed by atoms with van der Waals surface area (Å²) in [5, 5.41) is 13.9. The van der Waals surface area contributed by atoms with E-state index in [1.54, 1.807) is 30.9 Å². The molecule has 1 heterocycles. The lowest BCUT2D eigenvalue weighted by Crippen LogP contribution is -2.31. The molecule has 3 amide bonds. The van der Waals surface area contributed by atoms with Crippen molar-refractivity contribution in [2.75, 3.05) is 26.0 Å². The number of nitrogens with one attached hydrogen (secondary N) is 2. The summed E-state index contributed by atoms with van der Waals surface area (Å²) in [5.41, 5.74) is 4.97. The number of nitrogens with zero attached hydrogens (tertiary/aromatic N) is 4. The first-order chi connectivity index (χ1) is 13.3. The molecule has 2 N–H and O–H groups in total. The number of hydrogen-bond acceptors (Lipinski definition) is 4. The summed E-state index contributed by atoms with van der Waals surface area (Å²) < 4.78 is 1.70. The van der Waals surface area contributed by atoms with Crippen LogP contribution in [0.25, 0.3) is 11.0 Å². The Kier molecular flexibility index (Phi) is 5.58. The maximum Gasteiger partial charge on any atom is 0.319 e. The largest absolute Gasteiger partial charge is 0.345 e. The van der Waals surface area contributed by atoms with Crippen molar-refractivity contribution in [3.8, 4) is 0 Å². The number of urea groups is 1. The van der Waals surface area contributed by atoms with Gasteiger partial charge < -0.3 is 15.5 Å². The van der Waals surface area contributed by atoms with Crippen LogP contribution in [0.5, 0.6) is 0 Å². The van der Waals surface area contributed by atoms with Gasteiger partial charge in [-0.3, -0.25) is 4.79 Å². The van der Waals surface area contributed by atoms with Gasteiger partial charge in [-0.25, -0.2) is 9.48 Å². The second-order valence-corrected chi connectivity index (χ2v) is 6.97. The lowest BCUT2D eigenvalue weighted by Gasteiger charge is -2.10. The number of carbonyl (C=O) groups excluding carboxylic acids is 2. The van der Waals surface area contributed by atoms with Crippen LogP contribution in [-0.4, -0.2) is 52.5 Å². The van der Waals surface area contributed by atoms with Crippen molar-refractivity contribution in [3.63, 3.8) is 0 Å². The van der Waals surface area contributed by atoms with Crippen LogP contribution >= 0.6 is 0 Å². The van der Waals surface area contributed by atoms with Gasteiger partial charge in [0.2, 0.25) is 0 Å². The van der Waals surface area contributed by atoms with Crippen molar-refractivity contribution in [2.24, 2.45) is 0 Å². The van der Waals surface area contributed by atoms with Crippen LogP contribution in [-0.2, 0) is 6.54 Å². The van der Waals surface area contributed by atoms with Gasteiger partial charge in [-0.15, -0.1) is 5.10 Å². The fraction of sp³-hybridized carbons (Fsp3) is 0.300. The van der Waals surface area contributed by atoms with E-state index in [9.17, 15) is 9.59 Å². The molecule has 0 radical (unpaired) electrons. The number of anilines is 1. The predicted molar refractivity (Wildman–Crippen MR) is 108 cm³/mol. The minimum atomic E-state index is -0.270. The molecule has 0 saturated heterocycles. The molecule has 146 valence electrons. The maximum absolute atomic E-state index is 12.1. The first-order valence-electron chi connectivity index (χ1n) is 9.01. The number of aromatic nitrogens is 3. The SMILES string of the molecule is Cc1cc(C)cc(NC(=O)NCCn2nnc3cc(C(=O)N(C)C)ccc32)c1. The average Bonchev–Trinajstić information content (AvgIpc) is 3.02. The standard InChI is InChI=1S/C20H24N6O2/c1-13-9-14(2)11-16(10-13)22-20(28)21-7-8-26-18-6-5-15(19(27)25(3)4)12-17(18)23-24-26/h5-6,9-12H,7-8H2,1-4H3,(H2,21,22,28). The number of carbonyl (C=O) groups is 2. The Morgan fingerprint density at radius 1 is 1.07 bits per heavy atom. The summed E-state index contributed by atoms with van der Waals surface area (Å²) in [4.78, 5) is 25.7. The highest BCUT2D eigenvalue weighted by atomic mass is 16.2. The minimum Gasteiger partial charge on any atom is -0.345 e. The van der Waals surface area contributed by atoms with Crippen molar-refractivity contribution in [1.82, 2.24) is 25.2 Å². The lowest BCUT2D eigenvalue weighted by atomic mass is 10.1. The third kappa shape index (κ3) is 4.46. The van der Waals surface area contributed by atoms with E-state index in [-0.39, 0.29) is 11.9 Å². The van der Waals surface area contributed by atoms with E-state index in [0.29, 0.717) is 24.2 Å². The number of amides is 3. The highest BCUT2D eigenvalue weighted by Crippen LogP contribution is 2.15. The summed E-state index contributed by atoms with van der Waals surface area (Å²) in [6, 6.07) is 10.9. The van der Waals surface area contributed by atoms with Crippen LogP contribution < -0.4 is 10.6 Å². The van der Waals surface area contributed by atoms with Crippen LogP contribution in [0.15, 0.2) is 36.4 Å². The Morgan fingerprint density at radius 3 is 2.46 bits per heavy atom. The van der Waals surface area contributed by atoms with Gasteiger partial charge in [0.15, 0.2) is 0 Å². The quantitative estimate of drug-likeness (QED) is 0.712. The van der Waals surface area contributed by atoms with Crippen LogP contribution in [0.4, 0.5) is 10.5 Å². The van der Waals surface area contributed by atoms with Crippen molar-refractivity contribution in [1.29, 1.82) is 0 Å². The number of rotatable bonds is 5. The van der Waals surface area contributed by atoms with Crippen LogP contribution in [0.1, 0.15) is 21.5 Å². The van der Waals surface area contributed by atoms with E-state index in [0.717, 1.165) is 22.3 Å². The van der Waals surface area contributed by atoms with Gasteiger partial charge in [-0.1, -0.05) is 11.3 Å². The fourth-order valence-electron chi connectivity index (χ4n) is 3.03. The van der Waals surface area contributed by atoms with Crippen LogP contribution in [0.3, 0.4) is 0 Å². The van der Waals surface area contributed by atoms with E-state index in [1.165, 1.54) is 4.90 Å². The van der Waals surface area contributed by atoms with E-state index in [4.69, 9.17) is 0 Å². The van der Waals surface area contributed by atoms with Gasteiger partial charge in [0.1, 0.15) is 5.52 Å². The molecule has 3 rings (SSSR count). The number of fused-ring (bicyclic) bond motifs is 1. The molecule has 1 aromatic heterocycles. The van der Waals surface area contributed by atoms with Crippen molar-refractivity contribution in [2.45, 2.75) is 20.4 Å². The van der Waals surface area contributed by atoms with Crippen LogP contribution in [0.2, 0.25) is 0 Å². The Bertz CT molecular complexity index is 1000. The molecule has 0 bridgehead atoms. The Labute approximate surface area is 163 Å². The molecule has 0 atom stereocenters. The normalized spacial score (nSPS) is 10.7. The monoisotopic (exact) mass is 380 g/mol. The molecule has 0 unspecified atom stereocenters. The topological polar surface area (TPSA) is 92.1 Å². The molecular weight excluding hydrogens is 356 g/mol. The highest BCUT2D eigenvalue weighted by Gasteiger charge is 2.12. The fourth-order valence-corrected chi connectivity index (χ4v) is 3.03. The van der Waals surface area contributed by atoms with Crippen molar-refractivity contribution < 1.29 is 9.59 Å². The molecule has 8 nitrogen and oxygen atoms in total. The van der Waals surface area contributed by atoms with Crippen molar-refractivity contribution >= 4 is 28.7 Å². The Morgan fingerprint density at radius 2 is 1.79 bits per heavy atom. The van der Waals surface area contributed by atoms with Gasteiger partial charge >= 0.3 is 6.03 Å². The molecule has 28 heavy (non-hydrogen) atoms. The number of hydrogen-bond donors (Lipinski definition) is 2. The third-order valence-electron chi connectivity index (χ3n) is 4.26. The summed E-state index contributed by atoms with van der Waals surface area (Å²) in [5.74, 6) is -0.0822. The molecule has 0 aliphatic rings. The molecule has 0 saturated carbocycles. The first kappa shape index (κ1) is 19.3. The summed E-state index contributed by atoms with van der Waals surface area (Å²) >= 11 is 0. The van der Waals surface area contributed by atoms with Gasteiger partial charge in [0.25, 0.3) is 5.91 Å². The average molecular weight is 380 g/mol. The summed E-state index contributed by atoms with van der Waals surface area (Å²) in [6.45, 7) is 4.85. The van der Waals surface area contributed by atoms with Gasteiger partial charge in [0, 0.05) is 31.9 Å². The smallest absolute Gasteiger partial charge is 0.319 e. The van der Waals surface area contributed by atoms with Crippen molar-refractivity contribution in [3.05, 3.63) is 53.1 Å². The van der Waals surface area contributed by atoms with E-state index in [1.807, 2.05) is 32.0 Å².